The molecule has 1 heterocycles. The molecule has 2 N–H and O–H groups in total. The first-order valence-corrected chi connectivity index (χ1v) is 6.65. The molecular formula is C13H29N3. The third-order valence-corrected chi connectivity index (χ3v) is 4.05. The molecule has 1 saturated heterocycles. The summed E-state index contributed by atoms with van der Waals surface area (Å²) in [5.74, 6) is 1.44. The Morgan fingerprint density at radius 2 is 2.12 bits per heavy atom. The van der Waals surface area contributed by atoms with E-state index in [0.717, 1.165) is 12.5 Å². The Bertz CT molecular complexity index is 190. The Balaban J connectivity index is 2.67. The van der Waals surface area contributed by atoms with Crippen LogP contribution in [-0.2, 0) is 0 Å². The van der Waals surface area contributed by atoms with Crippen LogP contribution < -0.4 is 5.73 Å². The molecule has 0 aromatic carbocycles. The monoisotopic (exact) mass is 227 g/mol. The fourth-order valence-corrected chi connectivity index (χ4v) is 3.26. The van der Waals surface area contributed by atoms with Crippen LogP contribution in [0.2, 0.25) is 0 Å². The standard InChI is InChI=1S/C13H29N3/c1-5-11(9-14)13(15(2)3)12-7-6-8-16(4)10-12/h11-13H,5-10,14H2,1-4H3. The number of nitrogens with zero attached hydrogens (tertiary/aromatic N) is 2. The maximum atomic E-state index is 5.92. The minimum absolute atomic E-state index is 0.645. The molecule has 96 valence electrons. The van der Waals surface area contributed by atoms with Gasteiger partial charge >= 0.3 is 0 Å². The van der Waals surface area contributed by atoms with Gasteiger partial charge in [-0.25, -0.2) is 0 Å². The summed E-state index contributed by atoms with van der Waals surface area (Å²) < 4.78 is 0. The molecule has 3 atom stereocenters. The van der Waals surface area contributed by atoms with Gasteiger partial charge in [0.2, 0.25) is 0 Å². The summed E-state index contributed by atoms with van der Waals surface area (Å²) in [4.78, 5) is 4.86. The van der Waals surface area contributed by atoms with Crippen molar-refractivity contribution in [1.29, 1.82) is 0 Å². The highest BCUT2D eigenvalue weighted by Gasteiger charge is 2.31. The summed E-state index contributed by atoms with van der Waals surface area (Å²) >= 11 is 0. The second kappa shape index (κ2) is 6.58. The normalized spacial score (nSPS) is 27.0. The largest absolute Gasteiger partial charge is 0.330 e. The van der Waals surface area contributed by atoms with Gasteiger partial charge in [0, 0.05) is 12.6 Å². The minimum atomic E-state index is 0.645. The highest BCUT2D eigenvalue weighted by Crippen LogP contribution is 2.27. The van der Waals surface area contributed by atoms with Gasteiger partial charge in [0.1, 0.15) is 0 Å². The summed E-state index contributed by atoms with van der Waals surface area (Å²) in [7, 11) is 6.65. The summed E-state index contributed by atoms with van der Waals surface area (Å²) in [6.07, 6.45) is 3.90. The third-order valence-electron chi connectivity index (χ3n) is 4.05. The summed E-state index contributed by atoms with van der Waals surface area (Å²) in [6, 6.07) is 0.651. The molecule has 0 saturated carbocycles. The molecule has 1 aliphatic heterocycles. The average molecular weight is 227 g/mol. The third kappa shape index (κ3) is 3.44. The van der Waals surface area contributed by atoms with Gasteiger partial charge in [0.15, 0.2) is 0 Å². The first kappa shape index (κ1) is 13.9. The summed E-state index contributed by atoms with van der Waals surface area (Å²) in [6.45, 7) is 5.58. The second-order valence-electron chi connectivity index (χ2n) is 5.52. The topological polar surface area (TPSA) is 32.5 Å². The van der Waals surface area contributed by atoms with E-state index in [1.54, 1.807) is 0 Å². The van der Waals surface area contributed by atoms with Crippen LogP contribution in [0.1, 0.15) is 26.2 Å². The number of rotatable bonds is 5. The van der Waals surface area contributed by atoms with Crippen molar-refractivity contribution in [3.63, 3.8) is 0 Å². The van der Waals surface area contributed by atoms with Crippen LogP contribution >= 0.6 is 0 Å². The highest BCUT2D eigenvalue weighted by atomic mass is 15.1. The zero-order valence-corrected chi connectivity index (χ0v) is 11.4. The van der Waals surface area contributed by atoms with Crippen molar-refractivity contribution in [3.8, 4) is 0 Å². The van der Waals surface area contributed by atoms with Crippen molar-refractivity contribution in [1.82, 2.24) is 9.80 Å². The molecule has 0 bridgehead atoms. The molecule has 3 unspecified atom stereocenters. The van der Waals surface area contributed by atoms with E-state index in [1.807, 2.05) is 0 Å². The van der Waals surface area contributed by atoms with Crippen molar-refractivity contribution in [3.05, 3.63) is 0 Å². The van der Waals surface area contributed by atoms with Crippen LogP contribution in [0.25, 0.3) is 0 Å². The molecule has 0 aromatic rings. The van der Waals surface area contributed by atoms with E-state index in [2.05, 4.69) is 37.9 Å². The van der Waals surface area contributed by atoms with Gasteiger partial charge in [0.05, 0.1) is 0 Å². The number of nitrogens with two attached hydrogens (primary N) is 1. The van der Waals surface area contributed by atoms with Crippen LogP contribution in [0.3, 0.4) is 0 Å². The molecule has 0 aromatic heterocycles. The lowest BCUT2D eigenvalue weighted by Crippen LogP contribution is -2.49. The molecule has 0 amide bonds. The maximum absolute atomic E-state index is 5.92. The Morgan fingerprint density at radius 1 is 1.44 bits per heavy atom. The molecular weight excluding hydrogens is 198 g/mol. The van der Waals surface area contributed by atoms with Crippen molar-refractivity contribution in [2.75, 3.05) is 40.8 Å². The Hall–Kier alpha value is -0.120. The smallest absolute Gasteiger partial charge is 0.0170 e. The van der Waals surface area contributed by atoms with Gasteiger partial charge in [-0.2, -0.15) is 0 Å². The van der Waals surface area contributed by atoms with Gasteiger partial charge in [-0.3, -0.25) is 0 Å². The number of hydrogen-bond acceptors (Lipinski definition) is 3. The fraction of sp³-hybridized carbons (Fsp3) is 1.00. The van der Waals surface area contributed by atoms with Crippen molar-refractivity contribution in [2.45, 2.75) is 32.2 Å². The first-order chi connectivity index (χ1) is 7.60. The second-order valence-corrected chi connectivity index (χ2v) is 5.52. The van der Waals surface area contributed by atoms with E-state index in [9.17, 15) is 0 Å². The van der Waals surface area contributed by atoms with Crippen LogP contribution in [0, 0.1) is 11.8 Å². The minimum Gasteiger partial charge on any atom is -0.330 e. The van der Waals surface area contributed by atoms with E-state index >= 15 is 0 Å². The molecule has 16 heavy (non-hydrogen) atoms. The van der Waals surface area contributed by atoms with Crippen LogP contribution in [0.5, 0.6) is 0 Å². The van der Waals surface area contributed by atoms with Crippen molar-refractivity contribution < 1.29 is 0 Å². The van der Waals surface area contributed by atoms with Gasteiger partial charge in [-0.15, -0.1) is 0 Å². The molecule has 1 aliphatic rings. The van der Waals surface area contributed by atoms with E-state index in [0.29, 0.717) is 12.0 Å². The van der Waals surface area contributed by atoms with Crippen LogP contribution in [0.15, 0.2) is 0 Å². The van der Waals surface area contributed by atoms with Gasteiger partial charge in [-0.1, -0.05) is 13.3 Å². The lowest BCUT2D eigenvalue weighted by atomic mass is 9.81. The lowest BCUT2D eigenvalue weighted by molar-refractivity contribution is 0.0829. The SMILES string of the molecule is CCC(CN)C(C1CCCN(C)C1)N(C)C. The molecule has 3 heteroatoms. The fourth-order valence-electron chi connectivity index (χ4n) is 3.26. The Kier molecular flexibility index (Phi) is 5.73. The van der Waals surface area contributed by atoms with Crippen LogP contribution in [0.4, 0.5) is 0 Å². The predicted octanol–water partition coefficient (Wildman–Crippen LogP) is 1.24. The Morgan fingerprint density at radius 3 is 2.56 bits per heavy atom. The number of likely N-dealkylation sites (tertiary alicyclic amines) is 1. The maximum Gasteiger partial charge on any atom is 0.0170 e. The van der Waals surface area contributed by atoms with E-state index in [1.165, 1.54) is 32.4 Å². The molecule has 0 aliphatic carbocycles. The first-order valence-electron chi connectivity index (χ1n) is 6.65. The van der Waals surface area contributed by atoms with E-state index < -0.39 is 0 Å². The molecule has 1 fully saturated rings. The summed E-state index contributed by atoms with van der Waals surface area (Å²) in [5, 5.41) is 0. The Labute approximate surface area is 101 Å². The zero-order valence-electron chi connectivity index (χ0n) is 11.4. The van der Waals surface area contributed by atoms with Crippen molar-refractivity contribution in [2.24, 2.45) is 17.6 Å². The molecule has 1 rings (SSSR count). The number of hydrogen-bond donors (Lipinski definition) is 1. The molecule has 0 spiro atoms. The lowest BCUT2D eigenvalue weighted by Gasteiger charge is -2.42. The highest BCUT2D eigenvalue weighted by molar-refractivity contribution is 4.86. The number of piperidine rings is 1. The van der Waals surface area contributed by atoms with Gasteiger partial charge < -0.3 is 15.5 Å². The zero-order chi connectivity index (χ0) is 12.1. The van der Waals surface area contributed by atoms with Crippen LogP contribution in [-0.4, -0.2) is 56.6 Å². The van der Waals surface area contributed by atoms with Gasteiger partial charge in [-0.05, 0) is 58.9 Å². The summed E-state index contributed by atoms with van der Waals surface area (Å²) in [5.41, 5.74) is 5.92. The predicted molar refractivity (Wildman–Crippen MR) is 70.5 cm³/mol. The van der Waals surface area contributed by atoms with E-state index in [-0.39, 0.29) is 0 Å². The molecule has 0 radical (unpaired) electrons. The quantitative estimate of drug-likeness (QED) is 0.767. The molecule has 3 nitrogen and oxygen atoms in total. The van der Waals surface area contributed by atoms with Crippen molar-refractivity contribution >= 4 is 0 Å². The average Bonchev–Trinajstić information content (AvgIpc) is 2.24. The van der Waals surface area contributed by atoms with E-state index in [4.69, 9.17) is 5.73 Å². The van der Waals surface area contributed by atoms with Gasteiger partial charge in [0.25, 0.3) is 0 Å².